The molecule has 3 aromatic rings. The topological polar surface area (TPSA) is 94.0 Å². The quantitative estimate of drug-likeness (QED) is 0.687. The average molecular weight is 355 g/mol. The molecular weight excluding hydrogens is 334 g/mol. The van der Waals surface area contributed by atoms with Gasteiger partial charge >= 0.3 is 0 Å². The molecule has 3 aromatic heterocycles. The number of likely N-dealkylation sites (tertiary alicyclic amines) is 1. The van der Waals surface area contributed by atoms with Gasteiger partial charge in [-0.25, -0.2) is 4.68 Å². The number of aromatic nitrogens is 5. The maximum Gasteiger partial charge on any atom is 0.224 e. The van der Waals surface area contributed by atoms with Gasteiger partial charge in [0.2, 0.25) is 5.91 Å². The van der Waals surface area contributed by atoms with Gasteiger partial charge in [-0.1, -0.05) is 5.21 Å². The summed E-state index contributed by atoms with van der Waals surface area (Å²) >= 11 is 0. The first-order chi connectivity index (χ1) is 12.7. The summed E-state index contributed by atoms with van der Waals surface area (Å²) in [6, 6.07) is 3.82. The highest BCUT2D eigenvalue weighted by Gasteiger charge is 2.35. The normalized spacial score (nSPS) is 20.5. The molecule has 1 saturated heterocycles. The molecule has 1 aliphatic rings. The van der Waals surface area contributed by atoms with Crippen LogP contribution in [0.25, 0.3) is 0 Å². The van der Waals surface area contributed by atoms with Crippen LogP contribution >= 0.6 is 0 Å². The predicted molar refractivity (Wildman–Crippen MR) is 91.9 cm³/mol. The lowest BCUT2D eigenvalue weighted by atomic mass is 10.1. The monoisotopic (exact) mass is 355 g/mol. The molecule has 0 bridgehead atoms. The Kier molecular flexibility index (Phi) is 4.53. The molecule has 0 spiro atoms. The van der Waals surface area contributed by atoms with Gasteiger partial charge in [0, 0.05) is 39.1 Å². The number of carbonyl (C=O) groups is 1. The SMILES string of the molecule is Cn1nccc1CN1C[C@@H](NC(=O)Cc2ccoc2)[C@@H](n2ccnn2)C1. The summed E-state index contributed by atoms with van der Waals surface area (Å²) < 4.78 is 8.73. The third kappa shape index (κ3) is 3.52. The average Bonchev–Trinajstić information content (AvgIpc) is 3.38. The molecule has 0 aliphatic carbocycles. The van der Waals surface area contributed by atoms with E-state index < -0.39 is 0 Å². The molecule has 9 nitrogen and oxygen atoms in total. The van der Waals surface area contributed by atoms with Crippen LogP contribution in [0.15, 0.2) is 47.7 Å². The van der Waals surface area contributed by atoms with Gasteiger partial charge in [-0.05, 0) is 17.7 Å². The van der Waals surface area contributed by atoms with Gasteiger partial charge in [-0.3, -0.25) is 14.4 Å². The van der Waals surface area contributed by atoms with Crippen LogP contribution in [0.5, 0.6) is 0 Å². The Balaban J connectivity index is 1.45. The molecule has 1 amide bonds. The second kappa shape index (κ2) is 7.12. The molecule has 1 N–H and O–H groups in total. The Morgan fingerprint density at radius 2 is 2.27 bits per heavy atom. The Bertz CT molecular complexity index is 840. The first-order valence-electron chi connectivity index (χ1n) is 8.54. The number of aryl methyl sites for hydroxylation is 1. The molecule has 0 aromatic carbocycles. The number of rotatable bonds is 6. The van der Waals surface area contributed by atoms with Crippen molar-refractivity contribution in [3.8, 4) is 0 Å². The Labute approximate surface area is 150 Å². The van der Waals surface area contributed by atoms with Crippen molar-refractivity contribution >= 4 is 5.91 Å². The second-order valence-corrected chi connectivity index (χ2v) is 6.57. The summed E-state index contributed by atoms with van der Waals surface area (Å²) in [5.41, 5.74) is 2.00. The maximum absolute atomic E-state index is 12.4. The van der Waals surface area contributed by atoms with Gasteiger partial charge in [0.25, 0.3) is 0 Å². The van der Waals surface area contributed by atoms with E-state index in [-0.39, 0.29) is 18.0 Å². The number of nitrogens with one attached hydrogen (secondary N) is 1. The molecule has 1 fully saturated rings. The van der Waals surface area contributed by atoms with Crippen LogP contribution in [-0.4, -0.2) is 54.7 Å². The van der Waals surface area contributed by atoms with E-state index in [4.69, 9.17) is 4.42 Å². The summed E-state index contributed by atoms with van der Waals surface area (Å²) in [6.45, 7) is 2.30. The smallest absolute Gasteiger partial charge is 0.224 e. The number of hydrogen-bond donors (Lipinski definition) is 1. The van der Waals surface area contributed by atoms with E-state index >= 15 is 0 Å². The molecule has 0 unspecified atom stereocenters. The minimum absolute atomic E-state index is 0.0242. The lowest BCUT2D eigenvalue weighted by Gasteiger charge is -2.19. The molecular formula is C17H21N7O2. The predicted octanol–water partition coefficient (Wildman–Crippen LogP) is 0.389. The molecule has 0 radical (unpaired) electrons. The van der Waals surface area contributed by atoms with E-state index in [1.165, 1.54) is 0 Å². The van der Waals surface area contributed by atoms with E-state index in [1.807, 2.05) is 28.7 Å². The number of amides is 1. The van der Waals surface area contributed by atoms with Gasteiger partial charge in [0.05, 0.1) is 42.9 Å². The lowest BCUT2D eigenvalue weighted by molar-refractivity contribution is -0.121. The van der Waals surface area contributed by atoms with Crippen molar-refractivity contribution in [1.29, 1.82) is 0 Å². The Morgan fingerprint density at radius 3 is 2.96 bits per heavy atom. The van der Waals surface area contributed by atoms with Gasteiger partial charge in [0.1, 0.15) is 0 Å². The van der Waals surface area contributed by atoms with Gasteiger partial charge in [-0.2, -0.15) is 5.10 Å². The van der Waals surface area contributed by atoms with Crippen molar-refractivity contribution in [2.24, 2.45) is 7.05 Å². The number of nitrogens with zero attached hydrogens (tertiary/aromatic N) is 6. The van der Waals surface area contributed by atoms with Crippen molar-refractivity contribution in [2.75, 3.05) is 13.1 Å². The van der Waals surface area contributed by atoms with Crippen LogP contribution in [0, 0.1) is 0 Å². The molecule has 26 heavy (non-hydrogen) atoms. The van der Waals surface area contributed by atoms with Crippen LogP contribution in [0.3, 0.4) is 0 Å². The molecule has 4 rings (SSSR count). The highest BCUT2D eigenvalue weighted by molar-refractivity contribution is 5.78. The summed E-state index contributed by atoms with van der Waals surface area (Å²) in [5.74, 6) is -0.0242. The molecule has 136 valence electrons. The number of furan rings is 1. The van der Waals surface area contributed by atoms with Crippen LogP contribution in [0.2, 0.25) is 0 Å². The summed E-state index contributed by atoms with van der Waals surface area (Å²) in [5, 5.41) is 15.4. The Hall–Kier alpha value is -2.94. The van der Waals surface area contributed by atoms with E-state index in [1.54, 1.807) is 31.0 Å². The minimum atomic E-state index is -0.0377. The van der Waals surface area contributed by atoms with Gasteiger partial charge < -0.3 is 9.73 Å². The van der Waals surface area contributed by atoms with Crippen molar-refractivity contribution < 1.29 is 9.21 Å². The molecule has 9 heteroatoms. The fourth-order valence-corrected chi connectivity index (χ4v) is 3.42. The Morgan fingerprint density at radius 1 is 1.35 bits per heavy atom. The van der Waals surface area contributed by atoms with E-state index in [2.05, 4.69) is 25.6 Å². The van der Waals surface area contributed by atoms with Crippen molar-refractivity contribution in [2.45, 2.75) is 25.0 Å². The minimum Gasteiger partial charge on any atom is -0.472 e. The first-order valence-corrected chi connectivity index (χ1v) is 8.54. The zero-order valence-corrected chi connectivity index (χ0v) is 14.5. The van der Waals surface area contributed by atoms with Crippen LogP contribution in [0.1, 0.15) is 17.3 Å². The van der Waals surface area contributed by atoms with E-state index in [9.17, 15) is 4.79 Å². The summed E-state index contributed by atoms with van der Waals surface area (Å²) in [7, 11) is 1.94. The zero-order valence-electron chi connectivity index (χ0n) is 14.5. The number of carbonyl (C=O) groups excluding carboxylic acids is 1. The third-order valence-corrected chi connectivity index (χ3v) is 4.74. The molecule has 2 atom stereocenters. The molecule has 1 aliphatic heterocycles. The molecule has 0 saturated carbocycles. The van der Waals surface area contributed by atoms with Gasteiger partial charge in [-0.15, -0.1) is 5.10 Å². The second-order valence-electron chi connectivity index (χ2n) is 6.57. The summed E-state index contributed by atoms with van der Waals surface area (Å²) in [4.78, 5) is 14.7. The highest BCUT2D eigenvalue weighted by atomic mass is 16.3. The van der Waals surface area contributed by atoms with Gasteiger partial charge in [0.15, 0.2) is 0 Å². The summed E-state index contributed by atoms with van der Waals surface area (Å²) in [6.07, 6.45) is 8.77. The number of hydrogen-bond acceptors (Lipinski definition) is 6. The first kappa shape index (κ1) is 16.5. The van der Waals surface area contributed by atoms with E-state index in [0.29, 0.717) is 6.42 Å². The maximum atomic E-state index is 12.4. The highest BCUT2D eigenvalue weighted by Crippen LogP contribution is 2.23. The fourth-order valence-electron chi connectivity index (χ4n) is 3.42. The van der Waals surface area contributed by atoms with E-state index in [0.717, 1.165) is 30.9 Å². The largest absolute Gasteiger partial charge is 0.472 e. The van der Waals surface area contributed by atoms with Crippen molar-refractivity contribution in [3.63, 3.8) is 0 Å². The van der Waals surface area contributed by atoms with Crippen LogP contribution in [-0.2, 0) is 24.8 Å². The standard InChI is InChI=1S/C17H21N7O2/c1-22-14(2-4-19-22)9-23-10-15(16(11-23)24-6-5-18-21-24)20-17(25)8-13-3-7-26-12-13/h2-7,12,15-16H,8-11H2,1H3,(H,20,25)/t15-,16+/m1/s1. The van der Waals surface area contributed by atoms with Crippen LogP contribution < -0.4 is 5.32 Å². The van der Waals surface area contributed by atoms with Crippen molar-refractivity contribution in [1.82, 2.24) is 35.0 Å². The van der Waals surface area contributed by atoms with Crippen LogP contribution in [0.4, 0.5) is 0 Å². The third-order valence-electron chi connectivity index (χ3n) is 4.74. The zero-order chi connectivity index (χ0) is 17.9. The fraction of sp³-hybridized carbons (Fsp3) is 0.412. The van der Waals surface area contributed by atoms with Crippen molar-refractivity contribution in [3.05, 3.63) is 54.5 Å². The lowest BCUT2D eigenvalue weighted by Crippen LogP contribution is -2.42. The molecule has 4 heterocycles.